The molecule has 1 aliphatic rings. The van der Waals surface area contributed by atoms with Crippen molar-refractivity contribution in [2.45, 2.75) is 19.4 Å². The summed E-state index contributed by atoms with van der Waals surface area (Å²) in [6, 6.07) is 0.312. The molecule has 2 rings (SSSR count). The average Bonchev–Trinajstić information content (AvgIpc) is 2.89. The molecule has 1 fully saturated rings. The molecule has 0 saturated carbocycles. The minimum absolute atomic E-state index is 0.0688. The Kier molecular flexibility index (Phi) is 2.96. The highest BCUT2D eigenvalue weighted by molar-refractivity contribution is 5.95. The van der Waals surface area contributed by atoms with Crippen LogP contribution in [0.3, 0.4) is 0 Å². The quantitative estimate of drug-likeness (QED) is 0.775. The van der Waals surface area contributed by atoms with Gasteiger partial charge in [0, 0.05) is 32.4 Å². The predicted molar refractivity (Wildman–Crippen MR) is 61.3 cm³/mol. The standard InChI is InChI=1S/C11H18N4O/c1-8-10(7-13-15(8)3)11(16)14(2)9-4-5-12-6-9/h7,9,12H,4-6H2,1-3H3. The van der Waals surface area contributed by atoms with Crippen LogP contribution in [0.15, 0.2) is 6.20 Å². The minimum atomic E-state index is 0.0688. The van der Waals surface area contributed by atoms with E-state index in [1.54, 1.807) is 10.9 Å². The van der Waals surface area contributed by atoms with Crippen LogP contribution in [-0.2, 0) is 7.05 Å². The maximum absolute atomic E-state index is 12.2. The van der Waals surface area contributed by atoms with Gasteiger partial charge in [0.1, 0.15) is 0 Å². The number of amides is 1. The second kappa shape index (κ2) is 4.25. The third-order valence-corrected chi connectivity index (χ3v) is 3.37. The van der Waals surface area contributed by atoms with Crippen LogP contribution in [0.25, 0.3) is 0 Å². The van der Waals surface area contributed by atoms with E-state index in [0.29, 0.717) is 11.6 Å². The van der Waals surface area contributed by atoms with Crippen LogP contribution in [0.2, 0.25) is 0 Å². The number of aromatic nitrogens is 2. The van der Waals surface area contributed by atoms with Gasteiger partial charge in [0.05, 0.1) is 11.8 Å². The van der Waals surface area contributed by atoms with E-state index in [-0.39, 0.29) is 5.91 Å². The van der Waals surface area contributed by atoms with Crippen molar-refractivity contribution in [2.75, 3.05) is 20.1 Å². The summed E-state index contributed by atoms with van der Waals surface area (Å²) in [7, 11) is 3.72. The van der Waals surface area contributed by atoms with Gasteiger partial charge in [-0.1, -0.05) is 0 Å². The van der Waals surface area contributed by atoms with E-state index in [1.165, 1.54) is 0 Å². The zero-order valence-electron chi connectivity index (χ0n) is 10.0. The fourth-order valence-corrected chi connectivity index (χ4v) is 2.03. The van der Waals surface area contributed by atoms with Gasteiger partial charge in [-0.15, -0.1) is 0 Å². The fourth-order valence-electron chi connectivity index (χ4n) is 2.03. The van der Waals surface area contributed by atoms with Crippen molar-refractivity contribution >= 4 is 5.91 Å². The van der Waals surface area contributed by atoms with E-state index in [4.69, 9.17) is 0 Å². The van der Waals surface area contributed by atoms with Gasteiger partial charge in [0.25, 0.3) is 5.91 Å². The first-order valence-corrected chi connectivity index (χ1v) is 5.57. The molecule has 5 heteroatoms. The first kappa shape index (κ1) is 11.1. The SMILES string of the molecule is Cc1c(C(=O)N(C)C2CCNC2)cnn1C. The molecule has 1 N–H and O–H groups in total. The molecule has 1 saturated heterocycles. The van der Waals surface area contributed by atoms with E-state index in [1.807, 2.05) is 25.9 Å². The van der Waals surface area contributed by atoms with E-state index in [9.17, 15) is 4.79 Å². The van der Waals surface area contributed by atoms with Crippen LogP contribution in [0.5, 0.6) is 0 Å². The second-order valence-corrected chi connectivity index (χ2v) is 4.33. The largest absolute Gasteiger partial charge is 0.337 e. The molecule has 1 unspecified atom stereocenters. The first-order chi connectivity index (χ1) is 7.61. The Morgan fingerprint density at radius 2 is 2.44 bits per heavy atom. The maximum atomic E-state index is 12.2. The van der Waals surface area contributed by atoms with Gasteiger partial charge in [0.2, 0.25) is 0 Å². The van der Waals surface area contributed by atoms with Crippen molar-refractivity contribution in [3.05, 3.63) is 17.5 Å². The minimum Gasteiger partial charge on any atom is -0.337 e. The molecule has 1 aromatic heterocycles. The van der Waals surface area contributed by atoms with E-state index in [2.05, 4.69) is 10.4 Å². The topological polar surface area (TPSA) is 50.2 Å². The summed E-state index contributed by atoms with van der Waals surface area (Å²) in [6.07, 6.45) is 2.68. The number of hydrogen-bond donors (Lipinski definition) is 1. The van der Waals surface area contributed by atoms with E-state index < -0.39 is 0 Å². The highest BCUT2D eigenvalue weighted by atomic mass is 16.2. The molecule has 0 bridgehead atoms. The van der Waals surface area contributed by atoms with E-state index >= 15 is 0 Å². The van der Waals surface area contributed by atoms with Crippen LogP contribution < -0.4 is 5.32 Å². The molecule has 1 aromatic rings. The second-order valence-electron chi connectivity index (χ2n) is 4.33. The summed E-state index contributed by atoms with van der Waals surface area (Å²) in [4.78, 5) is 14.0. The van der Waals surface area contributed by atoms with Gasteiger partial charge in [-0.05, 0) is 19.9 Å². The molecule has 16 heavy (non-hydrogen) atoms. The van der Waals surface area contributed by atoms with Crippen molar-refractivity contribution in [2.24, 2.45) is 7.05 Å². The molecular formula is C11H18N4O. The number of likely N-dealkylation sites (N-methyl/N-ethyl adjacent to an activating group) is 1. The Morgan fingerprint density at radius 1 is 1.69 bits per heavy atom. The molecule has 0 aliphatic carbocycles. The molecule has 88 valence electrons. The Bertz CT molecular complexity index is 393. The summed E-state index contributed by atoms with van der Waals surface area (Å²) in [6.45, 7) is 3.80. The number of carbonyl (C=O) groups excluding carboxylic acids is 1. The summed E-state index contributed by atoms with van der Waals surface area (Å²) in [5.41, 5.74) is 1.62. The molecule has 0 aromatic carbocycles. The Labute approximate surface area is 95.4 Å². The molecule has 1 amide bonds. The Hall–Kier alpha value is -1.36. The maximum Gasteiger partial charge on any atom is 0.257 e. The third-order valence-electron chi connectivity index (χ3n) is 3.37. The number of rotatable bonds is 2. The zero-order valence-corrected chi connectivity index (χ0v) is 10.0. The van der Waals surface area contributed by atoms with Gasteiger partial charge < -0.3 is 10.2 Å². The van der Waals surface area contributed by atoms with E-state index in [0.717, 1.165) is 25.2 Å². The van der Waals surface area contributed by atoms with Crippen LogP contribution in [-0.4, -0.2) is 46.8 Å². The Balaban J connectivity index is 2.15. The van der Waals surface area contributed by atoms with Crippen molar-refractivity contribution < 1.29 is 4.79 Å². The van der Waals surface area contributed by atoms with Crippen LogP contribution in [0.1, 0.15) is 22.5 Å². The van der Waals surface area contributed by atoms with Crippen molar-refractivity contribution in [1.82, 2.24) is 20.0 Å². The summed E-state index contributed by atoms with van der Waals surface area (Å²) >= 11 is 0. The lowest BCUT2D eigenvalue weighted by Gasteiger charge is -2.23. The molecule has 0 spiro atoms. The number of hydrogen-bond acceptors (Lipinski definition) is 3. The summed E-state index contributed by atoms with van der Waals surface area (Å²) in [5, 5.41) is 7.36. The molecule has 2 heterocycles. The molecule has 1 aliphatic heterocycles. The monoisotopic (exact) mass is 222 g/mol. The van der Waals surface area contributed by atoms with Gasteiger partial charge in [0.15, 0.2) is 0 Å². The van der Waals surface area contributed by atoms with Crippen molar-refractivity contribution in [3.63, 3.8) is 0 Å². The van der Waals surface area contributed by atoms with Crippen LogP contribution in [0, 0.1) is 6.92 Å². The first-order valence-electron chi connectivity index (χ1n) is 5.57. The fraction of sp³-hybridized carbons (Fsp3) is 0.636. The highest BCUT2D eigenvalue weighted by Crippen LogP contribution is 2.13. The lowest BCUT2D eigenvalue weighted by atomic mass is 10.2. The molecule has 1 atom stereocenters. The third kappa shape index (κ3) is 1.82. The zero-order chi connectivity index (χ0) is 11.7. The predicted octanol–water partition coefficient (Wildman–Crippen LogP) is 0.162. The summed E-state index contributed by atoms with van der Waals surface area (Å²) in [5.74, 6) is 0.0688. The van der Waals surface area contributed by atoms with Crippen molar-refractivity contribution in [3.8, 4) is 0 Å². The van der Waals surface area contributed by atoms with Crippen LogP contribution in [0.4, 0.5) is 0 Å². The number of aryl methyl sites for hydroxylation is 1. The lowest BCUT2D eigenvalue weighted by Crippen LogP contribution is -2.38. The normalized spacial score (nSPS) is 20.1. The average molecular weight is 222 g/mol. The van der Waals surface area contributed by atoms with Gasteiger partial charge in [-0.25, -0.2) is 0 Å². The number of nitrogens with one attached hydrogen (secondary N) is 1. The number of carbonyl (C=O) groups is 1. The lowest BCUT2D eigenvalue weighted by molar-refractivity contribution is 0.0743. The Morgan fingerprint density at radius 3 is 2.94 bits per heavy atom. The molecule has 0 radical (unpaired) electrons. The molecular weight excluding hydrogens is 204 g/mol. The molecule has 5 nitrogen and oxygen atoms in total. The van der Waals surface area contributed by atoms with Gasteiger partial charge in [-0.3, -0.25) is 9.48 Å². The summed E-state index contributed by atoms with van der Waals surface area (Å²) < 4.78 is 1.73. The highest BCUT2D eigenvalue weighted by Gasteiger charge is 2.25. The van der Waals surface area contributed by atoms with Crippen molar-refractivity contribution in [1.29, 1.82) is 0 Å². The van der Waals surface area contributed by atoms with Gasteiger partial charge in [-0.2, -0.15) is 5.10 Å². The smallest absolute Gasteiger partial charge is 0.257 e. The number of nitrogens with zero attached hydrogens (tertiary/aromatic N) is 3. The van der Waals surface area contributed by atoms with Crippen LogP contribution >= 0.6 is 0 Å². The van der Waals surface area contributed by atoms with Gasteiger partial charge >= 0.3 is 0 Å².